The SMILES string of the molecule is COc1ccc(CNC(=O)[C@H](CCC(=O)C=N)NC(=O)[C@H](CCS(C)(=O)=O)NC(C)=O)cc1. The molecular formula is C21H30N4O7S. The van der Waals surface area contributed by atoms with E-state index in [0.29, 0.717) is 12.0 Å². The van der Waals surface area contributed by atoms with Crippen molar-refractivity contribution >= 4 is 39.6 Å². The van der Waals surface area contributed by atoms with Crippen LogP contribution in [0.15, 0.2) is 24.3 Å². The molecule has 0 spiro atoms. The van der Waals surface area contributed by atoms with Crippen LogP contribution in [0.1, 0.15) is 31.7 Å². The Bertz CT molecular complexity index is 961. The van der Waals surface area contributed by atoms with Crippen molar-refractivity contribution in [1.82, 2.24) is 16.0 Å². The van der Waals surface area contributed by atoms with Gasteiger partial charge in [0.05, 0.1) is 19.1 Å². The summed E-state index contributed by atoms with van der Waals surface area (Å²) in [6.07, 6.45) is 1.23. The number of methoxy groups -OCH3 is 1. The second-order valence-corrected chi connectivity index (χ2v) is 9.71. The predicted molar refractivity (Wildman–Crippen MR) is 122 cm³/mol. The molecule has 0 aromatic heterocycles. The Labute approximate surface area is 193 Å². The van der Waals surface area contributed by atoms with Crippen LogP contribution in [0.5, 0.6) is 5.75 Å². The molecule has 12 heteroatoms. The van der Waals surface area contributed by atoms with E-state index in [1.165, 1.54) is 14.0 Å². The van der Waals surface area contributed by atoms with Gasteiger partial charge in [-0.3, -0.25) is 19.2 Å². The van der Waals surface area contributed by atoms with E-state index in [1.54, 1.807) is 24.3 Å². The van der Waals surface area contributed by atoms with Crippen molar-refractivity contribution in [2.45, 2.75) is 44.8 Å². The topological polar surface area (TPSA) is 172 Å². The zero-order chi connectivity index (χ0) is 25.0. The molecule has 1 aromatic rings. The molecule has 33 heavy (non-hydrogen) atoms. The summed E-state index contributed by atoms with van der Waals surface area (Å²) in [5.41, 5.74) is 0.772. The van der Waals surface area contributed by atoms with Crippen molar-refractivity contribution in [3.63, 3.8) is 0 Å². The van der Waals surface area contributed by atoms with Crippen LogP contribution in [0.25, 0.3) is 0 Å². The number of hydrogen-bond donors (Lipinski definition) is 4. The lowest BCUT2D eigenvalue weighted by molar-refractivity contribution is -0.132. The third-order valence-corrected chi connectivity index (χ3v) is 5.55. The summed E-state index contributed by atoms with van der Waals surface area (Å²) in [4.78, 5) is 48.5. The lowest BCUT2D eigenvalue weighted by Gasteiger charge is -2.22. The third-order valence-electron chi connectivity index (χ3n) is 4.57. The molecule has 0 fully saturated rings. The third kappa shape index (κ3) is 11.2. The summed E-state index contributed by atoms with van der Waals surface area (Å²) in [5.74, 6) is -2.07. The number of rotatable bonds is 14. The zero-order valence-corrected chi connectivity index (χ0v) is 19.7. The Morgan fingerprint density at radius 1 is 1.03 bits per heavy atom. The Morgan fingerprint density at radius 2 is 1.64 bits per heavy atom. The largest absolute Gasteiger partial charge is 0.497 e. The number of ketones is 1. The Morgan fingerprint density at radius 3 is 2.15 bits per heavy atom. The molecule has 0 saturated carbocycles. The fourth-order valence-corrected chi connectivity index (χ4v) is 3.47. The first-order chi connectivity index (χ1) is 15.4. The summed E-state index contributed by atoms with van der Waals surface area (Å²) in [6, 6.07) is 4.65. The van der Waals surface area contributed by atoms with E-state index in [9.17, 15) is 27.6 Å². The average Bonchev–Trinajstić information content (AvgIpc) is 2.76. The summed E-state index contributed by atoms with van der Waals surface area (Å²) < 4.78 is 28.0. The van der Waals surface area contributed by atoms with Gasteiger partial charge in [0.15, 0.2) is 5.78 Å². The van der Waals surface area contributed by atoms with E-state index < -0.39 is 45.4 Å². The molecule has 0 aliphatic carbocycles. The van der Waals surface area contributed by atoms with Crippen molar-refractivity contribution in [1.29, 1.82) is 5.41 Å². The molecule has 1 rings (SSSR count). The first-order valence-corrected chi connectivity index (χ1v) is 12.2. The van der Waals surface area contributed by atoms with Gasteiger partial charge in [-0.15, -0.1) is 0 Å². The van der Waals surface area contributed by atoms with Gasteiger partial charge in [0.2, 0.25) is 17.7 Å². The summed E-state index contributed by atoms with van der Waals surface area (Å²) >= 11 is 0. The van der Waals surface area contributed by atoms with Gasteiger partial charge < -0.3 is 26.1 Å². The molecule has 11 nitrogen and oxygen atoms in total. The van der Waals surface area contributed by atoms with Crippen LogP contribution in [-0.4, -0.2) is 69.3 Å². The fourth-order valence-electron chi connectivity index (χ4n) is 2.80. The Kier molecular flexibility index (Phi) is 11.2. The maximum Gasteiger partial charge on any atom is 0.243 e. The normalized spacial score (nSPS) is 12.7. The van der Waals surface area contributed by atoms with Gasteiger partial charge in [-0.1, -0.05) is 12.1 Å². The highest BCUT2D eigenvalue weighted by molar-refractivity contribution is 7.90. The zero-order valence-electron chi connectivity index (χ0n) is 18.8. The van der Waals surface area contributed by atoms with Crippen LogP contribution in [0.2, 0.25) is 0 Å². The van der Waals surface area contributed by atoms with Crippen molar-refractivity contribution in [2.75, 3.05) is 19.1 Å². The van der Waals surface area contributed by atoms with Gasteiger partial charge in [-0.25, -0.2) is 8.42 Å². The Balaban J connectivity index is 2.90. The van der Waals surface area contributed by atoms with Crippen molar-refractivity contribution in [3.8, 4) is 5.75 Å². The molecular weight excluding hydrogens is 452 g/mol. The second kappa shape index (κ2) is 13.3. The number of hydrogen-bond acceptors (Lipinski definition) is 8. The molecule has 182 valence electrons. The van der Waals surface area contributed by atoms with Gasteiger partial charge in [-0.2, -0.15) is 0 Å². The maximum absolute atomic E-state index is 12.7. The van der Waals surface area contributed by atoms with E-state index in [0.717, 1.165) is 11.8 Å². The van der Waals surface area contributed by atoms with Crippen molar-refractivity contribution < 1.29 is 32.3 Å². The molecule has 4 N–H and O–H groups in total. The van der Waals surface area contributed by atoms with E-state index >= 15 is 0 Å². The lowest BCUT2D eigenvalue weighted by atomic mass is 10.1. The van der Waals surface area contributed by atoms with Crippen LogP contribution in [0, 0.1) is 5.41 Å². The van der Waals surface area contributed by atoms with Crippen molar-refractivity contribution in [2.24, 2.45) is 0 Å². The van der Waals surface area contributed by atoms with Crippen LogP contribution >= 0.6 is 0 Å². The monoisotopic (exact) mass is 482 g/mol. The highest BCUT2D eigenvalue weighted by Gasteiger charge is 2.27. The molecule has 0 radical (unpaired) electrons. The van der Waals surface area contributed by atoms with Crippen molar-refractivity contribution in [3.05, 3.63) is 29.8 Å². The number of sulfone groups is 1. The maximum atomic E-state index is 12.7. The highest BCUT2D eigenvalue weighted by Crippen LogP contribution is 2.11. The first-order valence-electron chi connectivity index (χ1n) is 10.1. The van der Waals surface area contributed by atoms with Gasteiger partial charge in [0.25, 0.3) is 0 Å². The molecule has 1 aromatic carbocycles. The minimum atomic E-state index is -3.39. The van der Waals surface area contributed by atoms with Crippen LogP contribution in [0.4, 0.5) is 0 Å². The van der Waals surface area contributed by atoms with E-state index in [-0.39, 0.29) is 31.6 Å². The summed E-state index contributed by atoms with van der Waals surface area (Å²) in [7, 11) is -1.86. The molecule has 2 atom stereocenters. The molecule has 0 unspecified atom stereocenters. The summed E-state index contributed by atoms with van der Waals surface area (Å²) in [5, 5.41) is 14.5. The number of nitrogens with one attached hydrogen (secondary N) is 4. The quantitative estimate of drug-likeness (QED) is 0.264. The Hall–Kier alpha value is -3.28. The number of benzene rings is 1. The molecule has 0 aliphatic heterocycles. The number of carbonyl (C=O) groups excluding carboxylic acids is 4. The minimum absolute atomic E-state index is 0.0761. The number of amides is 3. The van der Waals surface area contributed by atoms with E-state index in [2.05, 4.69) is 16.0 Å². The number of carbonyl (C=O) groups is 4. The highest BCUT2D eigenvalue weighted by atomic mass is 32.2. The van der Waals surface area contributed by atoms with Gasteiger partial charge in [-0.05, 0) is 30.5 Å². The number of Topliss-reactive ketones (excluding diaryl/α,β-unsaturated/α-hetero) is 1. The second-order valence-electron chi connectivity index (χ2n) is 7.45. The molecule has 0 saturated heterocycles. The molecule has 0 aliphatic rings. The first kappa shape index (κ1) is 27.8. The number of ether oxygens (including phenoxy) is 1. The molecule has 0 heterocycles. The standard InChI is InChI=1S/C21H30N4O7S/c1-14(26)24-19(10-11-33(3,30)31)21(29)25-18(9-6-16(27)12-22)20(28)23-13-15-4-7-17(32-2)8-5-15/h4-5,7-8,12,18-19,22H,6,9-11,13H2,1-3H3,(H,23,28)(H,24,26)(H,25,29)/t18-,19-/m0/s1. The van der Waals surface area contributed by atoms with Gasteiger partial charge in [0, 0.05) is 26.1 Å². The van der Waals surface area contributed by atoms with Gasteiger partial charge in [0.1, 0.15) is 27.7 Å². The lowest BCUT2D eigenvalue weighted by Crippen LogP contribution is -2.53. The van der Waals surface area contributed by atoms with Crippen LogP contribution < -0.4 is 20.7 Å². The predicted octanol–water partition coefficient (Wildman–Crippen LogP) is -0.266. The van der Waals surface area contributed by atoms with Gasteiger partial charge >= 0.3 is 0 Å². The van der Waals surface area contributed by atoms with E-state index in [1.807, 2.05) is 0 Å². The summed E-state index contributed by atoms with van der Waals surface area (Å²) in [6.45, 7) is 1.33. The average molecular weight is 483 g/mol. The van der Waals surface area contributed by atoms with E-state index in [4.69, 9.17) is 10.1 Å². The molecule has 3 amide bonds. The van der Waals surface area contributed by atoms with Crippen LogP contribution in [0.3, 0.4) is 0 Å². The fraction of sp³-hybridized carbons (Fsp3) is 0.476. The smallest absolute Gasteiger partial charge is 0.243 e. The van der Waals surface area contributed by atoms with Crippen LogP contribution in [-0.2, 0) is 35.6 Å². The minimum Gasteiger partial charge on any atom is -0.497 e. The molecule has 0 bridgehead atoms.